The van der Waals surface area contributed by atoms with Gasteiger partial charge in [0.05, 0.1) is 22.8 Å². The Morgan fingerprint density at radius 3 is 2.41 bits per heavy atom. The van der Waals surface area contributed by atoms with Crippen LogP contribution in [0.25, 0.3) is 0 Å². The van der Waals surface area contributed by atoms with Gasteiger partial charge in [0.15, 0.2) is 0 Å². The lowest BCUT2D eigenvalue weighted by Crippen LogP contribution is -2.19. The van der Waals surface area contributed by atoms with Crippen LogP contribution in [-0.2, 0) is 0 Å². The zero-order valence-electron chi connectivity index (χ0n) is 11.9. The van der Waals surface area contributed by atoms with Crippen molar-refractivity contribution >= 4 is 17.5 Å². The normalized spacial score (nSPS) is 14.0. The zero-order chi connectivity index (χ0) is 15.7. The summed E-state index contributed by atoms with van der Waals surface area (Å²) in [4.78, 5) is 23.2. The highest BCUT2D eigenvalue weighted by atomic mass is 16.2. The minimum Gasteiger partial charge on any atom is -0.379 e. The Labute approximate surface area is 127 Å². The molecule has 0 aliphatic carbocycles. The molecule has 0 bridgehead atoms. The molecule has 22 heavy (non-hydrogen) atoms. The molecule has 1 atom stereocenters. The van der Waals surface area contributed by atoms with E-state index in [9.17, 15) is 9.59 Å². The fourth-order valence-corrected chi connectivity index (χ4v) is 2.44. The van der Waals surface area contributed by atoms with E-state index in [-0.39, 0.29) is 17.9 Å². The molecule has 108 valence electrons. The molecule has 5 heteroatoms. The van der Waals surface area contributed by atoms with Gasteiger partial charge < -0.3 is 5.32 Å². The van der Waals surface area contributed by atoms with Gasteiger partial charge in [-0.05, 0) is 42.8 Å². The molecule has 0 aromatic heterocycles. The van der Waals surface area contributed by atoms with Gasteiger partial charge in [0, 0.05) is 11.7 Å². The second kappa shape index (κ2) is 5.34. The summed E-state index contributed by atoms with van der Waals surface area (Å²) in [5.41, 5.74) is 3.20. The fraction of sp³-hybridized carbons (Fsp3) is 0.118. The number of amides is 2. The van der Waals surface area contributed by atoms with Crippen molar-refractivity contribution in [1.82, 2.24) is 5.32 Å². The number of hydrogen-bond donors (Lipinski definition) is 2. The third-order valence-corrected chi connectivity index (χ3v) is 3.66. The summed E-state index contributed by atoms with van der Waals surface area (Å²) in [6, 6.07) is 14.5. The monoisotopic (exact) mass is 291 g/mol. The molecule has 1 aliphatic rings. The van der Waals surface area contributed by atoms with Gasteiger partial charge in [-0.1, -0.05) is 12.1 Å². The van der Waals surface area contributed by atoms with Crippen molar-refractivity contribution < 1.29 is 9.59 Å². The molecule has 0 saturated carbocycles. The summed E-state index contributed by atoms with van der Waals surface area (Å²) in [6.45, 7) is 1.99. The van der Waals surface area contributed by atoms with Crippen molar-refractivity contribution in [2.45, 2.75) is 13.0 Å². The molecule has 0 fully saturated rings. The second-order valence-electron chi connectivity index (χ2n) is 5.14. The molecule has 0 saturated heterocycles. The van der Waals surface area contributed by atoms with Crippen molar-refractivity contribution in [3.63, 3.8) is 0 Å². The number of carbonyl (C=O) groups excluding carboxylic acids is 2. The quantitative estimate of drug-likeness (QED) is 0.852. The minimum atomic E-state index is -0.366. The first-order valence-corrected chi connectivity index (χ1v) is 6.85. The maximum atomic E-state index is 11.7. The fourth-order valence-electron chi connectivity index (χ4n) is 2.44. The van der Waals surface area contributed by atoms with E-state index in [1.165, 1.54) is 0 Å². The smallest absolute Gasteiger partial charge is 0.259 e. The van der Waals surface area contributed by atoms with Crippen molar-refractivity contribution in [1.29, 1.82) is 5.26 Å². The highest BCUT2D eigenvalue weighted by Crippen LogP contribution is 2.24. The second-order valence-corrected chi connectivity index (χ2v) is 5.14. The predicted octanol–water partition coefficient (Wildman–Crippen LogP) is 2.61. The zero-order valence-corrected chi connectivity index (χ0v) is 11.9. The number of rotatable bonds is 3. The SMILES string of the molecule is CC(Nc1ccc2c(c1)C(=O)NC2=O)c1ccc(C#N)cc1. The van der Waals surface area contributed by atoms with E-state index in [1.54, 1.807) is 30.3 Å². The molecule has 2 amide bonds. The summed E-state index contributed by atoms with van der Waals surface area (Å²) in [5, 5.41) is 14.4. The summed E-state index contributed by atoms with van der Waals surface area (Å²) in [6.07, 6.45) is 0. The maximum absolute atomic E-state index is 11.7. The first-order chi connectivity index (χ1) is 10.6. The number of imide groups is 1. The van der Waals surface area contributed by atoms with Gasteiger partial charge in [-0.25, -0.2) is 0 Å². The van der Waals surface area contributed by atoms with E-state index in [1.807, 2.05) is 19.1 Å². The molecule has 2 aromatic carbocycles. The van der Waals surface area contributed by atoms with E-state index in [0.29, 0.717) is 16.7 Å². The van der Waals surface area contributed by atoms with Crippen LogP contribution < -0.4 is 10.6 Å². The van der Waals surface area contributed by atoms with Crippen LogP contribution in [0.4, 0.5) is 5.69 Å². The van der Waals surface area contributed by atoms with Crippen LogP contribution in [0.15, 0.2) is 42.5 Å². The molecule has 2 aromatic rings. The largest absolute Gasteiger partial charge is 0.379 e. The van der Waals surface area contributed by atoms with E-state index < -0.39 is 0 Å². The molecule has 1 heterocycles. The number of anilines is 1. The molecular formula is C17H13N3O2. The molecule has 1 aliphatic heterocycles. The molecule has 1 unspecified atom stereocenters. The Morgan fingerprint density at radius 2 is 1.73 bits per heavy atom. The number of nitriles is 1. The van der Waals surface area contributed by atoms with Gasteiger partial charge in [0.25, 0.3) is 11.8 Å². The summed E-state index contributed by atoms with van der Waals surface area (Å²) in [7, 11) is 0. The van der Waals surface area contributed by atoms with E-state index in [4.69, 9.17) is 5.26 Å². The number of carbonyl (C=O) groups is 2. The number of hydrogen-bond acceptors (Lipinski definition) is 4. The van der Waals surface area contributed by atoms with E-state index >= 15 is 0 Å². The number of nitrogens with zero attached hydrogens (tertiary/aromatic N) is 1. The lowest BCUT2D eigenvalue weighted by Gasteiger charge is -2.16. The van der Waals surface area contributed by atoms with Crippen molar-refractivity contribution in [2.75, 3.05) is 5.32 Å². The van der Waals surface area contributed by atoms with Crippen molar-refractivity contribution in [2.24, 2.45) is 0 Å². The van der Waals surface area contributed by atoms with Gasteiger partial charge in [-0.3, -0.25) is 14.9 Å². The Balaban J connectivity index is 1.81. The van der Waals surface area contributed by atoms with Gasteiger partial charge >= 0.3 is 0 Å². The molecule has 5 nitrogen and oxygen atoms in total. The average Bonchev–Trinajstić information content (AvgIpc) is 2.81. The van der Waals surface area contributed by atoms with Crippen LogP contribution in [0.3, 0.4) is 0 Å². The standard InChI is InChI=1S/C17H13N3O2/c1-10(12-4-2-11(9-18)3-5-12)19-13-6-7-14-15(8-13)17(22)20-16(14)21/h2-8,10,19H,1H3,(H,20,21,22). The topological polar surface area (TPSA) is 82.0 Å². The number of nitrogens with one attached hydrogen (secondary N) is 2. The number of benzene rings is 2. The maximum Gasteiger partial charge on any atom is 0.259 e. The molecule has 0 spiro atoms. The number of fused-ring (bicyclic) bond motifs is 1. The van der Waals surface area contributed by atoms with Crippen LogP contribution in [-0.4, -0.2) is 11.8 Å². The Hall–Kier alpha value is -3.13. The summed E-state index contributed by atoms with van der Waals surface area (Å²) < 4.78 is 0. The first-order valence-electron chi connectivity index (χ1n) is 6.85. The van der Waals surface area contributed by atoms with E-state index in [0.717, 1.165) is 11.3 Å². The Bertz CT molecular complexity index is 804. The highest BCUT2D eigenvalue weighted by molar-refractivity contribution is 6.21. The van der Waals surface area contributed by atoms with E-state index in [2.05, 4.69) is 16.7 Å². The lowest BCUT2D eigenvalue weighted by atomic mass is 10.0. The highest BCUT2D eigenvalue weighted by Gasteiger charge is 2.26. The van der Waals surface area contributed by atoms with Crippen molar-refractivity contribution in [3.05, 3.63) is 64.7 Å². The third kappa shape index (κ3) is 2.42. The van der Waals surface area contributed by atoms with Crippen LogP contribution in [0.5, 0.6) is 0 Å². The average molecular weight is 291 g/mol. The third-order valence-electron chi connectivity index (χ3n) is 3.66. The van der Waals surface area contributed by atoms with Crippen LogP contribution in [0.1, 0.15) is 44.8 Å². The first kappa shape index (κ1) is 13.8. The summed E-state index contributed by atoms with van der Waals surface area (Å²) in [5.74, 6) is -0.721. The lowest BCUT2D eigenvalue weighted by molar-refractivity contribution is 0.0879. The molecule has 3 rings (SSSR count). The molecule has 0 radical (unpaired) electrons. The predicted molar refractivity (Wildman–Crippen MR) is 81.4 cm³/mol. The van der Waals surface area contributed by atoms with Crippen LogP contribution >= 0.6 is 0 Å². The molecule has 2 N–H and O–H groups in total. The molecular weight excluding hydrogens is 278 g/mol. The van der Waals surface area contributed by atoms with Crippen LogP contribution in [0, 0.1) is 11.3 Å². The Kier molecular flexibility index (Phi) is 3.36. The van der Waals surface area contributed by atoms with Crippen molar-refractivity contribution in [3.8, 4) is 6.07 Å². The van der Waals surface area contributed by atoms with Crippen LogP contribution in [0.2, 0.25) is 0 Å². The van der Waals surface area contributed by atoms with Gasteiger partial charge in [-0.15, -0.1) is 0 Å². The summed E-state index contributed by atoms with van der Waals surface area (Å²) >= 11 is 0. The van der Waals surface area contributed by atoms with Gasteiger partial charge in [0.1, 0.15) is 0 Å². The Morgan fingerprint density at radius 1 is 1.05 bits per heavy atom. The van der Waals surface area contributed by atoms with Gasteiger partial charge in [0.2, 0.25) is 0 Å². The van der Waals surface area contributed by atoms with Gasteiger partial charge in [-0.2, -0.15) is 5.26 Å². The minimum absolute atomic E-state index is 0.00552.